The Balaban J connectivity index is 1.91. The minimum Gasteiger partial charge on any atom is -0.374 e. The van der Waals surface area contributed by atoms with E-state index in [0.717, 1.165) is 31.1 Å². The van der Waals surface area contributed by atoms with Crippen molar-refractivity contribution in [3.63, 3.8) is 0 Å². The Morgan fingerprint density at radius 2 is 2.32 bits per heavy atom. The van der Waals surface area contributed by atoms with Gasteiger partial charge in [0, 0.05) is 18.8 Å². The molecule has 0 aromatic carbocycles. The average Bonchev–Trinajstić information content (AvgIpc) is 2.94. The summed E-state index contributed by atoms with van der Waals surface area (Å²) in [7, 11) is 0. The molecule has 104 valence electrons. The monoisotopic (exact) mass is 261 g/mol. The van der Waals surface area contributed by atoms with Gasteiger partial charge in [0.15, 0.2) is 0 Å². The van der Waals surface area contributed by atoms with E-state index in [-0.39, 0.29) is 0 Å². The van der Waals surface area contributed by atoms with Crippen molar-refractivity contribution in [2.45, 2.75) is 51.3 Å². The lowest BCUT2D eigenvalue weighted by atomic mass is 10.1. The number of pyridine rings is 1. The minimum atomic E-state index is 0.405. The molecule has 2 aliphatic rings. The molecule has 2 heterocycles. The Hall–Kier alpha value is -1.13. The number of fused-ring (bicyclic) bond motifs is 1. The van der Waals surface area contributed by atoms with E-state index >= 15 is 0 Å². The van der Waals surface area contributed by atoms with E-state index in [1.165, 1.54) is 24.8 Å². The zero-order valence-corrected chi connectivity index (χ0v) is 11.6. The molecule has 0 amide bonds. The predicted molar refractivity (Wildman–Crippen MR) is 76.2 cm³/mol. The highest BCUT2D eigenvalue weighted by Gasteiger charge is 2.36. The predicted octanol–water partition coefficient (Wildman–Crippen LogP) is 1.86. The summed E-state index contributed by atoms with van der Waals surface area (Å²) in [6.45, 7) is 4.49. The molecular formula is C15H23N3O. The van der Waals surface area contributed by atoms with Crippen LogP contribution in [-0.2, 0) is 17.7 Å². The molecule has 1 aliphatic carbocycles. The fourth-order valence-electron chi connectivity index (χ4n) is 3.29. The van der Waals surface area contributed by atoms with E-state index in [1.54, 1.807) is 0 Å². The van der Waals surface area contributed by atoms with Crippen LogP contribution in [0.1, 0.15) is 37.4 Å². The molecule has 1 aromatic rings. The van der Waals surface area contributed by atoms with Crippen molar-refractivity contribution in [3.05, 3.63) is 23.4 Å². The van der Waals surface area contributed by atoms with Crippen LogP contribution in [0.2, 0.25) is 0 Å². The van der Waals surface area contributed by atoms with E-state index in [9.17, 15) is 0 Å². The number of anilines is 1. The SMILES string of the molecule is CCc1cc(CN)cc(N2CCOC3CCCC32)n1. The molecule has 0 radical (unpaired) electrons. The second kappa shape index (κ2) is 5.47. The number of aryl methyl sites for hydroxylation is 1. The van der Waals surface area contributed by atoms with Gasteiger partial charge >= 0.3 is 0 Å². The first kappa shape index (κ1) is 12.9. The lowest BCUT2D eigenvalue weighted by Gasteiger charge is -2.38. The third-order valence-electron chi connectivity index (χ3n) is 4.30. The number of nitrogens with zero attached hydrogens (tertiary/aromatic N) is 2. The summed E-state index contributed by atoms with van der Waals surface area (Å²) in [4.78, 5) is 7.24. The Bertz CT molecular complexity index is 427. The summed E-state index contributed by atoms with van der Waals surface area (Å²) in [5.74, 6) is 1.10. The summed E-state index contributed by atoms with van der Waals surface area (Å²) < 4.78 is 5.87. The minimum absolute atomic E-state index is 0.405. The molecule has 19 heavy (non-hydrogen) atoms. The normalized spacial score (nSPS) is 26.5. The van der Waals surface area contributed by atoms with Crippen molar-refractivity contribution in [2.75, 3.05) is 18.1 Å². The molecule has 1 aromatic heterocycles. The second-order valence-corrected chi connectivity index (χ2v) is 5.48. The van der Waals surface area contributed by atoms with Gasteiger partial charge in [-0.05, 0) is 43.4 Å². The van der Waals surface area contributed by atoms with Crippen LogP contribution in [0.3, 0.4) is 0 Å². The molecule has 1 aliphatic heterocycles. The largest absolute Gasteiger partial charge is 0.374 e. The fourth-order valence-corrected chi connectivity index (χ4v) is 3.29. The van der Waals surface area contributed by atoms with Gasteiger partial charge in [-0.1, -0.05) is 6.92 Å². The van der Waals surface area contributed by atoms with Crippen LogP contribution in [0.5, 0.6) is 0 Å². The maximum Gasteiger partial charge on any atom is 0.129 e. The number of aromatic nitrogens is 1. The Morgan fingerprint density at radius 1 is 1.42 bits per heavy atom. The molecule has 3 rings (SSSR count). The Labute approximate surface area is 115 Å². The second-order valence-electron chi connectivity index (χ2n) is 5.48. The molecule has 2 unspecified atom stereocenters. The van der Waals surface area contributed by atoms with Crippen LogP contribution in [0.4, 0.5) is 5.82 Å². The fraction of sp³-hybridized carbons (Fsp3) is 0.667. The van der Waals surface area contributed by atoms with E-state index < -0.39 is 0 Å². The van der Waals surface area contributed by atoms with Gasteiger partial charge in [-0.25, -0.2) is 4.98 Å². The van der Waals surface area contributed by atoms with Crippen LogP contribution in [0, 0.1) is 0 Å². The van der Waals surface area contributed by atoms with E-state index in [0.29, 0.717) is 18.7 Å². The molecular weight excluding hydrogens is 238 g/mol. The first-order valence-corrected chi connectivity index (χ1v) is 7.40. The van der Waals surface area contributed by atoms with Gasteiger partial charge in [0.05, 0.1) is 18.8 Å². The lowest BCUT2D eigenvalue weighted by molar-refractivity contribution is 0.0253. The summed E-state index contributed by atoms with van der Waals surface area (Å²) in [5, 5.41) is 0. The summed E-state index contributed by atoms with van der Waals surface area (Å²) >= 11 is 0. The van der Waals surface area contributed by atoms with Crippen molar-refractivity contribution in [2.24, 2.45) is 5.73 Å². The van der Waals surface area contributed by atoms with E-state index in [4.69, 9.17) is 15.5 Å². The number of hydrogen-bond acceptors (Lipinski definition) is 4. The molecule has 0 bridgehead atoms. The number of morpholine rings is 1. The summed E-state index contributed by atoms with van der Waals surface area (Å²) in [6.07, 6.45) is 5.05. The standard InChI is InChI=1S/C15H23N3O/c1-2-12-8-11(10-16)9-15(17-12)18-6-7-19-14-5-3-4-13(14)18/h8-9,13-14H,2-7,10,16H2,1H3. The number of rotatable bonds is 3. The maximum atomic E-state index is 5.87. The highest BCUT2D eigenvalue weighted by Crippen LogP contribution is 2.32. The van der Waals surface area contributed by atoms with Gasteiger partial charge in [0.25, 0.3) is 0 Å². The molecule has 2 fully saturated rings. The zero-order valence-electron chi connectivity index (χ0n) is 11.6. The third-order valence-corrected chi connectivity index (χ3v) is 4.30. The van der Waals surface area contributed by atoms with Crippen molar-refractivity contribution in [1.82, 2.24) is 4.98 Å². The van der Waals surface area contributed by atoms with E-state index in [1.807, 2.05) is 0 Å². The van der Waals surface area contributed by atoms with E-state index in [2.05, 4.69) is 24.0 Å². The lowest BCUT2D eigenvalue weighted by Crippen LogP contribution is -2.49. The van der Waals surface area contributed by atoms with Gasteiger partial charge in [-0.3, -0.25) is 0 Å². The first-order valence-electron chi connectivity index (χ1n) is 7.40. The summed E-state index contributed by atoms with van der Waals surface area (Å²) in [6, 6.07) is 4.79. The zero-order chi connectivity index (χ0) is 13.2. The molecule has 4 heteroatoms. The molecule has 1 saturated heterocycles. The van der Waals surface area contributed by atoms with Crippen LogP contribution in [0.15, 0.2) is 12.1 Å². The third kappa shape index (κ3) is 2.47. The van der Waals surface area contributed by atoms with Crippen molar-refractivity contribution >= 4 is 5.82 Å². The number of nitrogens with two attached hydrogens (primary N) is 1. The van der Waals surface area contributed by atoms with Crippen LogP contribution >= 0.6 is 0 Å². The van der Waals surface area contributed by atoms with Gasteiger partial charge in [0.1, 0.15) is 5.82 Å². The Kier molecular flexibility index (Phi) is 3.71. The van der Waals surface area contributed by atoms with Crippen molar-refractivity contribution < 1.29 is 4.74 Å². The van der Waals surface area contributed by atoms with Crippen molar-refractivity contribution in [1.29, 1.82) is 0 Å². The summed E-state index contributed by atoms with van der Waals surface area (Å²) in [5.41, 5.74) is 8.13. The van der Waals surface area contributed by atoms with Gasteiger partial charge in [-0.15, -0.1) is 0 Å². The van der Waals surface area contributed by atoms with Gasteiger partial charge in [-0.2, -0.15) is 0 Å². The van der Waals surface area contributed by atoms with Crippen molar-refractivity contribution in [3.8, 4) is 0 Å². The van der Waals surface area contributed by atoms with Crippen LogP contribution in [0.25, 0.3) is 0 Å². The average molecular weight is 261 g/mol. The molecule has 1 saturated carbocycles. The number of hydrogen-bond donors (Lipinski definition) is 1. The smallest absolute Gasteiger partial charge is 0.129 e. The highest BCUT2D eigenvalue weighted by atomic mass is 16.5. The quantitative estimate of drug-likeness (QED) is 0.902. The number of ether oxygens (including phenoxy) is 1. The molecule has 2 atom stereocenters. The first-order chi connectivity index (χ1) is 9.31. The highest BCUT2D eigenvalue weighted by molar-refractivity contribution is 5.45. The maximum absolute atomic E-state index is 5.87. The molecule has 2 N–H and O–H groups in total. The Morgan fingerprint density at radius 3 is 3.11 bits per heavy atom. The van der Waals surface area contributed by atoms with Gasteiger partial charge in [0.2, 0.25) is 0 Å². The van der Waals surface area contributed by atoms with Crippen LogP contribution in [-0.4, -0.2) is 30.3 Å². The van der Waals surface area contributed by atoms with Crippen LogP contribution < -0.4 is 10.6 Å². The van der Waals surface area contributed by atoms with Gasteiger partial charge < -0.3 is 15.4 Å². The molecule has 0 spiro atoms. The topological polar surface area (TPSA) is 51.4 Å². The molecule has 4 nitrogen and oxygen atoms in total.